The smallest absolute Gasteiger partial charge is 0.330 e. The number of benzene rings is 2. The lowest BCUT2D eigenvalue weighted by Gasteiger charge is -2.17. The number of carbonyl (C=O) groups is 3. The number of esters is 1. The summed E-state index contributed by atoms with van der Waals surface area (Å²) in [6.45, 7) is -0.158. The minimum atomic E-state index is -1.09. The molecule has 2 aromatic carbocycles. The third kappa shape index (κ3) is 5.84. The van der Waals surface area contributed by atoms with Gasteiger partial charge in [0.1, 0.15) is 18.0 Å². The van der Waals surface area contributed by atoms with Gasteiger partial charge in [0, 0.05) is 18.5 Å². The van der Waals surface area contributed by atoms with Crippen LogP contribution in [0.3, 0.4) is 0 Å². The molecule has 0 aliphatic carbocycles. The van der Waals surface area contributed by atoms with Gasteiger partial charge >= 0.3 is 5.97 Å². The summed E-state index contributed by atoms with van der Waals surface area (Å²) in [6.07, 6.45) is -0.0405. The van der Waals surface area contributed by atoms with Crippen molar-refractivity contribution in [3.05, 3.63) is 64.7 Å². The molecule has 11 nitrogen and oxygen atoms in total. The summed E-state index contributed by atoms with van der Waals surface area (Å²) in [6, 6.07) is 13.2. The van der Waals surface area contributed by atoms with Crippen molar-refractivity contribution in [1.29, 1.82) is 5.41 Å². The van der Waals surface area contributed by atoms with Crippen molar-refractivity contribution in [1.82, 2.24) is 15.6 Å². The van der Waals surface area contributed by atoms with E-state index in [1.807, 2.05) is 18.2 Å². The van der Waals surface area contributed by atoms with Crippen molar-refractivity contribution in [2.45, 2.75) is 25.0 Å². The van der Waals surface area contributed by atoms with Crippen LogP contribution in [0.25, 0.3) is 10.2 Å². The number of aromatic nitrogens is 1. The van der Waals surface area contributed by atoms with E-state index < -0.39 is 24.0 Å². The quantitative estimate of drug-likeness (QED) is 0.193. The number of hydrogen-bond donors (Lipinski definition) is 4. The minimum absolute atomic E-state index is 0.0121. The topological polar surface area (TPSA) is 169 Å². The van der Waals surface area contributed by atoms with Crippen molar-refractivity contribution in [2.75, 3.05) is 13.7 Å². The average molecular weight is 509 g/mol. The first-order valence-corrected chi connectivity index (χ1v) is 11.8. The van der Waals surface area contributed by atoms with Crippen LogP contribution >= 0.6 is 11.3 Å². The van der Waals surface area contributed by atoms with Crippen molar-refractivity contribution >= 4 is 50.9 Å². The number of amides is 2. The lowest BCUT2D eigenvalue weighted by Crippen LogP contribution is -2.49. The first-order valence-electron chi connectivity index (χ1n) is 11.0. The molecule has 0 saturated heterocycles. The highest BCUT2D eigenvalue weighted by molar-refractivity contribution is 7.20. The summed E-state index contributed by atoms with van der Waals surface area (Å²) in [4.78, 5) is 47.0. The summed E-state index contributed by atoms with van der Waals surface area (Å²) in [5.41, 5.74) is 8.25. The SMILES string of the molecule is COC(=O)C(CNC(=O)CC1CC(c2ccc(C(=N)N)cc2)=NO1)NC(=O)c1nc2ccccc2s1. The van der Waals surface area contributed by atoms with Gasteiger partial charge in [-0.15, -0.1) is 11.3 Å². The monoisotopic (exact) mass is 508 g/mol. The third-order valence-electron chi connectivity index (χ3n) is 5.46. The number of methoxy groups -OCH3 is 1. The van der Waals surface area contributed by atoms with Gasteiger partial charge in [0.15, 0.2) is 5.01 Å². The Hall–Kier alpha value is -4.32. The van der Waals surface area contributed by atoms with Crippen molar-refractivity contribution in [3.63, 3.8) is 0 Å². The number of nitrogens with zero attached hydrogens (tertiary/aromatic N) is 2. The number of ether oxygens (including phenoxy) is 1. The van der Waals surface area contributed by atoms with E-state index in [1.165, 1.54) is 18.4 Å². The molecule has 36 heavy (non-hydrogen) atoms. The van der Waals surface area contributed by atoms with E-state index >= 15 is 0 Å². The summed E-state index contributed by atoms with van der Waals surface area (Å²) in [5, 5.41) is 16.9. The fraction of sp³-hybridized carbons (Fsp3) is 0.250. The summed E-state index contributed by atoms with van der Waals surface area (Å²) in [7, 11) is 1.20. The molecule has 1 aliphatic rings. The molecular formula is C24H24N6O5S. The van der Waals surface area contributed by atoms with Crippen LogP contribution in [0.5, 0.6) is 0 Å². The zero-order valence-electron chi connectivity index (χ0n) is 19.3. The van der Waals surface area contributed by atoms with E-state index in [1.54, 1.807) is 30.3 Å². The van der Waals surface area contributed by atoms with Crippen LogP contribution in [0.4, 0.5) is 0 Å². The summed E-state index contributed by atoms with van der Waals surface area (Å²) < 4.78 is 5.62. The largest absolute Gasteiger partial charge is 0.467 e. The van der Waals surface area contributed by atoms with E-state index in [4.69, 9.17) is 20.7 Å². The van der Waals surface area contributed by atoms with Crippen molar-refractivity contribution in [3.8, 4) is 0 Å². The lowest BCUT2D eigenvalue weighted by molar-refractivity contribution is -0.142. The van der Waals surface area contributed by atoms with Crippen LogP contribution in [0, 0.1) is 5.41 Å². The molecule has 0 radical (unpaired) electrons. The summed E-state index contributed by atoms with van der Waals surface area (Å²) in [5.74, 6) is -1.62. The maximum absolute atomic E-state index is 12.7. The van der Waals surface area contributed by atoms with Crippen molar-refractivity contribution < 1.29 is 24.0 Å². The molecule has 0 bridgehead atoms. The number of fused-ring (bicyclic) bond motifs is 1. The van der Waals surface area contributed by atoms with Gasteiger partial charge < -0.3 is 25.9 Å². The van der Waals surface area contributed by atoms with Gasteiger partial charge in [-0.2, -0.15) is 0 Å². The van der Waals surface area contributed by atoms with Crippen LogP contribution in [-0.4, -0.2) is 60.1 Å². The Labute approximate surface area is 210 Å². The molecule has 2 unspecified atom stereocenters. The van der Waals surface area contributed by atoms with E-state index in [0.29, 0.717) is 23.2 Å². The van der Waals surface area contributed by atoms with Gasteiger partial charge in [-0.1, -0.05) is 41.6 Å². The fourth-order valence-corrected chi connectivity index (χ4v) is 4.44. The highest BCUT2D eigenvalue weighted by Gasteiger charge is 2.27. The number of carbonyl (C=O) groups excluding carboxylic acids is 3. The molecule has 2 amide bonds. The van der Waals surface area contributed by atoms with Crippen molar-refractivity contribution in [2.24, 2.45) is 10.9 Å². The first kappa shape index (κ1) is 24.8. The van der Waals surface area contributed by atoms with Gasteiger partial charge in [-0.05, 0) is 17.7 Å². The molecule has 1 aliphatic heterocycles. The summed E-state index contributed by atoms with van der Waals surface area (Å²) >= 11 is 1.20. The number of para-hydroxylation sites is 1. The second-order valence-corrected chi connectivity index (χ2v) is 9.04. The van der Waals surface area contributed by atoms with E-state index in [2.05, 4.69) is 20.8 Å². The third-order valence-corrected chi connectivity index (χ3v) is 6.49. The molecule has 2 atom stereocenters. The Bertz CT molecular complexity index is 1300. The predicted octanol–water partition coefficient (Wildman–Crippen LogP) is 1.55. The molecule has 12 heteroatoms. The molecule has 5 N–H and O–H groups in total. The highest BCUT2D eigenvalue weighted by atomic mass is 32.1. The Kier molecular flexibility index (Phi) is 7.54. The van der Waals surface area contributed by atoms with E-state index in [-0.39, 0.29) is 29.7 Å². The zero-order valence-corrected chi connectivity index (χ0v) is 20.1. The maximum atomic E-state index is 12.7. The van der Waals surface area contributed by atoms with Gasteiger partial charge in [-0.25, -0.2) is 9.78 Å². The standard InChI is InChI=1S/C24H24N6O5S/c1-34-24(33)18(28-22(32)23-29-16-4-2-3-5-19(16)36-23)12-27-20(31)11-15-10-17(30-35-15)13-6-8-14(9-7-13)21(25)26/h2-9,15,18H,10-12H2,1H3,(H3,25,26)(H,27,31)(H,28,32). The average Bonchev–Trinajstić information content (AvgIpc) is 3.53. The van der Waals surface area contributed by atoms with Gasteiger partial charge in [0.25, 0.3) is 5.91 Å². The zero-order chi connectivity index (χ0) is 25.7. The number of nitrogen functional groups attached to an aromatic ring is 1. The molecule has 3 aromatic rings. The van der Waals surface area contributed by atoms with Crippen LogP contribution in [0.15, 0.2) is 53.7 Å². The number of thiazole rings is 1. The number of nitrogens with two attached hydrogens (primary N) is 1. The maximum Gasteiger partial charge on any atom is 0.330 e. The lowest BCUT2D eigenvalue weighted by atomic mass is 10.0. The molecular weight excluding hydrogens is 484 g/mol. The van der Waals surface area contributed by atoms with E-state index in [9.17, 15) is 14.4 Å². The second-order valence-electron chi connectivity index (χ2n) is 8.00. The molecule has 0 fully saturated rings. The molecule has 186 valence electrons. The Morgan fingerprint density at radius 2 is 1.97 bits per heavy atom. The Balaban J connectivity index is 1.29. The van der Waals surface area contributed by atoms with E-state index in [0.717, 1.165) is 10.3 Å². The van der Waals surface area contributed by atoms with Crippen LogP contribution in [0.1, 0.15) is 33.8 Å². The minimum Gasteiger partial charge on any atom is -0.467 e. The molecule has 1 aromatic heterocycles. The number of nitrogens with one attached hydrogen (secondary N) is 3. The normalized spacial score (nSPS) is 15.5. The van der Waals surface area contributed by atoms with Crippen LogP contribution < -0.4 is 16.4 Å². The Morgan fingerprint density at radius 3 is 2.67 bits per heavy atom. The molecule has 2 heterocycles. The fourth-order valence-electron chi connectivity index (χ4n) is 3.57. The number of hydrogen-bond acceptors (Lipinski definition) is 9. The van der Waals surface area contributed by atoms with Gasteiger partial charge in [0.2, 0.25) is 5.91 Å². The second kappa shape index (κ2) is 11.0. The van der Waals surface area contributed by atoms with Crippen LogP contribution in [0.2, 0.25) is 0 Å². The number of rotatable bonds is 9. The molecule has 0 saturated carbocycles. The predicted molar refractivity (Wildman–Crippen MR) is 134 cm³/mol. The van der Waals surface area contributed by atoms with Crippen LogP contribution in [-0.2, 0) is 19.2 Å². The highest BCUT2D eigenvalue weighted by Crippen LogP contribution is 2.22. The number of oxime groups is 1. The molecule has 4 rings (SSSR count). The number of amidine groups is 1. The van der Waals surface area contributed by atoms with Gasteiger partial charge in [-0.3, -0.25) is 15.0 Å². The molecule has 0 spiro atoms. The Morgan fingerprint density at radius 1 is 1.22 bits per heavy atom. The first-order chi connectivity index (χ1) is 17.3. The van der Waals surface area contributed by atoms with Gasteiger partial charge in [0.05, 0.1) is 29.5 Å².